The Morgan fingerprint density at radius 3 is 2.48 bits per heavy atom. The molecule has 6 nitrogen and oxygen atoms in total. The van der Waals surface area contributed by atoms with E-state index in [-0.39, 0.29) is 0 Å². The fourth-order valence-electron chi connectivity index (χ4n) is 2.92. The summed E-state index contributed by atoms with van der Waals surface area (Å²) < 4.78 is 3.84. The number of benzene rings is 1. The minimum Gasteiger partial charge on any atom is -0.378 e. The Bertz CT molecular complexity index is 1050. The van der Waals surface area contributed by atoms with Crippen molar-refractivity contribution in [1.82, 2.24) is 20.0 Å². The van der Waals surface area contributed by atoms with Gasteiger partial charge in [0.2, 0.25) is 5.69 Å². The molecule has 6 heteroatoms. The van der Waals surface area contributed by atoms with E-state index in [0.29, 0.717) is 0 Å². The Hall–Kier alpha value is -3.54. The van der Waals surface area contributed by atoms with Crippen LogP contribution in [0.15, 0.2) is 73.2 Å². The first-order chi connectivity index (χ1) is 13.1. The van der Waals surface area contributed by atoms with Gasteiger partial charge >= 0.3 is 0 Å². The molecule has 1 aromatic carbocycles. The minimum absolute atomic E-state index is 0.841. The number of nitrogens with zero attached hydrogens (tertiary/aromatic N) is 6. The van der Waals surface area contributed by atoms with Crippen LogP contribution < -0.4 is 9.47 Å². The van der Waals surface area contributed by atoms with E-state index in [1.165, 1.54) is 0 Å². The predicted octanol–water partition coefficient (Wildman–Crippen LogP) is 2.89. The second-order valence-electron chi connectivity index (χ2n) is 6.59. The smallest absolute Gasteiger partial charge is 0.233 e. The van der Waals surface area contributed by atoms with Crippen LogP contribution in [0.1, 0.15) is 0 Å². The molecule has 0 N–H and O–H groups in total. The number of hydrogen-bond acceptors (Lipinski definition) is 4. The van der Waals surface area contributed by atoms with Crippen LogP contribution in [0.3, 0.4) is 0 Å². The predicted molar refractivity (Wildman–Crippen MR) is 106 cm³/mol. The van der Waals surface area contributed by atoms with Gasteiger partial charge in [-0.05, 0) is 24.3 Å². The van der Waals surface area contributed by atoms with Crippen molar-refractivity contribution in [3.63, 3.8) is 0 Å². The van der Waals surface area contributed by atoms with Gasteiger partial charge in [0.25, 0.3) is 0 Å². The lowest BCUT2D eigenvalue weighted by atomic mass is 10.1. The molecular weight excluding hydrogens is 336 g/mol. The number of rotatable bonds is 4. The van der Waals surface area contributed by atoms with Crippen LogP contribution in [0.2, 0.25) is 0 Å². The Kier molecular flexibility index (Phi) is 4.38. The Morgan fingerprint density at radius 2 is 1.78 bits per heavy atom. The standard InChI is InChI=1S/C21H21N6/c1-25(2)17-9-7-16(8-10-17)20-15-27(24-23-20)18-11-13-26(3)21(14-18)19-6-4-5-12-22-19/h4-15H,1-3H3/q+1. The van der Waals surface area contributed by atoms with Gasteiger partial charge in [-0.15, -0.1) is 5.10 Å². The first-order valence-electron chi connectivity index (χ1n) is 8.73. The van der Waals surface area contributed by atoms with Gasteiger partial charge < -0.3 is 4.90 Å². The quantitative estimate of drug-likeness (QED) is 0.527. The van der Waals surface area contributed by atoms with Gasteiger partial charge in [0.1, 0.15) is 18.4 Å². The molecule has 3 heterocycles. The normalized spacial score (nSPS) is 10.8. The molecule has 0 fully saturated rings. The maximum Gasteiger partial charge on any atom is 0.233 e. The number of hydrogen-bond donors (Lipinski definition) is 0. The van der Waals surface area contributed by atoms with Crippen molar-refractivity contribution in [3.8, 4) is 28.3 Å². The SMILES string of the molecule is CN(C)c1ccc(-c2cn(-c3cc[n+](C)c(-c4ccccn4)c3)nn2)cc1. The molecule has 0 saturated carbocycles. The molecule has 0 unspecified atom stereocenters. The van der Waals surface area contributed by atoms with Crippen molar-refractivity contribution in [1.29, 1.82) is 0 Å². The second-order valence-corrected chi connectivity index (χ2v) is 6.59. The fraction of sp³-hybridized carbons (Fsp3) is 0.143. The van der Waals surface area contributed by atoms with Crippen molar-refractivity contribution < 1.29 is 4.57 Å². The van der Waals surface area contributed by atoms with E-state index in [0.717, 1.165) is 34.0 Å². The molecule has 0 aliphatic heterocycles. The average molecular weight is 357 g/mol. The van der Waals surface area contributed by atoms with Gasteiger partial charge in [-0.3, -0.25) is 0 Å². The highest BCUT2D eigenvalue weighted by atomic mass is 15.4. The summed E-state index contributed by atoms with van der Waals surface area (Å²) in [6.07, 6.45) is 5.75. The number of pyridine rings is 2. The maximum absolute atomic E-state index is 4.45. The maximum atomic E-state index is 4.45. The van der Waals surface area contributed by atoms with Gasteiger partial charge in [0.05, 0.1) is 11.9 Å². The van der Waals surface area contributed by atoms with Crippen LogP contribution in [0.5, 0.6) is 0 Å². The third-order valence-electron chi connectivity index (χ3n) is 4.50. The van der Waals surface area contributed by atoms with Crippen molar-refractivity contribution in [2.45, 2.75) is 0 Å². The molecule has 3 aromatic heterocycles. The van der Waals surface area contributed by atoms with E-state index in [1.807, 2.05) is 62.4 Å². The molecule has 134 valence electrons. The zero-order chi connectivity index (χ0) is 18.8. The summed E-state index contributed by atoms with van der Waals surface area (Å²) in [6, 6.07) is 18.3. The molecule has 0 saturated heterocycles. The lowest BCUT2D eigenvalue weighted by Gasteiger charge is -2.11. The van der Waals surface area contributed by atoms with Crippen molar-refractivity contribution >= 4 is 5.69 Å². The van der Waals surface area contributed by atoms with Crippen LogP contribution in [0.4, 0.5) is 5.69 Å². The molecule has 0 amide bonds. The Labute approximate surface area is 158 Å². The highest BCUT2D eigenvalue weighted by Gasteiger charge is 2.14. The van der Waals surface area contributed by atoms with Crippen molar-refractivity contribution in [2.75, 3.05) is 19.0 Å². The van der Waals surface area contributed by atoms with Gasteiger partial charge in [-0.2, -0.15) is 4.57 Å². The number of anilines is 1. The lowest BCUT2D eigenvalue weighted by molar-refractivity contribution is -0.660. The highest BCUT2D eigenvalue weighted by Crippen LogP contribution is 2.22. The van der Waals surface area contributed by atoms with E-state index >= 15 is 0 Å². The van der Waals surface area contributed by atoms with E-state index in [4.69, 9.17) is 0 Å². The summed E-state index contributed by atoms with van der Waals surface area (Å²) in [7, 11) is 6.06. The molecule has 0 bridgehead atoms. The third-order valence-corrected chi connectivity index (χ3v) is 4.50. The number of aromatic nitrogens is 5. The molecule has 0 aliphatic rings. The Morgan fingerprint density at radius 1 is 0.963 bits per heavy atom. The third kappa shape index (κ3) is 3.42. The summed E-state index contributed by atoms with van der Waals surface area (Å²) in [5.41, 5.74) is 5.91. The van der Waals surface area contributed by atoms with Crippen molar-refractivity contribution in [2.24, 2.45) is 7.05 Å². The van der Waals surface area contributed by atoms with E-state index in [1.54, 1.807) is 10.9 Å². The zero-order valence-electron chi connectivity index (χ0n) is 15.6. The molecule has 4 aromatic rings. The number of aryl methyl sites for hydroxylation is 1. The summed E-state index contributed by atoms with van der Waals surface area (Å²) >= 11 is 0. The lowest BCUT2D eigenvalue weighted by Crippen LogP contribution is -2.30. The van der Waals surface area contributed by atoms with Crippen LogP contribution in [0, 0.1) is 0 Å². The largest absolute Gasteiger partial charge is 0.378 e. The van der Waals surface area contributed by atoms with Gasteiger partial charge in [-0.25, -0.2) is 9.67 Å². The van der Waals surface area contributed by atoms with Crippen LogP contribution >= 0.6 is 0 Å². The van der Waals surface area contributed by atoms with Gasteiger partial charge in [0.15, 0.2) is 6.20 Å². The molecule has 27 heavy (non-hydrogen) atoms. The van der Waals surface area contributed by atoms with Crippen LogP contribution in [-0.4, -0.2) is 34.1 Å². The van der Waals surface area contributed by atoms with E-state index in [9.17, 15) is 0 Å². The summed E-state index contributed by atoms with van der Waals surface area (Å²) in [6.45, 7) is 0. The molecule has 0 radical (unpaired) electrons. The van der Waals surface area contributed by atoms with Crippen LogP contribution in [0.25, 0.3) is 28.3 Å². The second kappa shape index (κ2) is 6.99. The molecule has 0 aliphatic carbocycles. The first-order valence-corrected chi connectivity index (χ1v) is 8.73. The minimum atomic E-state index is 0.841. The fourth-order valence-corrected chi connectivity index (χ4v) is 2.92. The van der Waals surface area contributed by atoms with Gasteiger partial charge in [-0.1, -0.05) is 23.4 Å². The summed E-state index contributed by atoms with van der Waals surface area (Å²) in [4.78, 5) is 6.52. The van der Waals surface area contributed by atoms with Gasteiger partial charge in [0, 0.05) is 43.7 Å². The molecule has 0 spiro atoms. The topological polar surface area (TPSA) is 50.7 Å². The molecule has 0 atom stereocenters. The summed E-state index contributed by atoms with van der Waals surface area (Å²) in [5, 5.41) is 8.65. The van der Waals surface area contributed by atoms with E-state index in [2.05, 4.69) is 50.5 Å². The van der Waals surface area contributed by atoms with Crippen LogP contribution in [-0.2, 0) is 7.05 Å². The molecule has 4 rings (SSSR count). The van der Waals surface area contributed by atoms with Crippen molar-refractivity contribution in [3.05, 3.63) is 73.2 Å². The Balaban J connectivity index is 1.67. The zero-order valence-corrected chi connectivity index (χ0v) is 15.6. The van der Waals surface area contributed by atoms with E-state index < -0.39 is 0 Å². The molecular formula is C21H21N6+. The average Bonchev–Trinajstić information content (AvgIpc) is 3.19. The summed E-state index contributed by atoms with van der Waals surface area (Å²) in [5.74, 6) is 0. The first kappa shape index (κ1) is 16.9. The highest BCUT2D eigenvalue weighted by molar-refractivity contribution is 5.62. The monoisotopic (exact) mass is 357 g/mol.